The average Bonchev–Trinajstić information content (AvgIpc) is 3.02. The van der Waals surface area contributed by atoms with E-state index in [1.54, 1.807) is 6.20 Å². The molecule has 3 aliphatic rings. The molecule has 1 aromatic heterocycles. The molecule has 0 radical (unpaired) electrons. The average molecular weight is 338 g/mol. The Morgan fingerprint density at radius 3 is 2.74 bits per heavy atom. The van der Waals surface area contributed by atoms with Crippen LogP contribution in [0.2, 0.25) is 5.02 Å². The summed E-state index contributed by atoms with van der Waals surface area (Å²) in [4.78, 5) is 14.4. The van der Waals surface area contributed by atoms with Crippen LogP contribution in [0, 0.1) is 5.41 Å². The van der Waals surface area contributed by atoms with Crippen molar-refractivity contribution in [2.75, 3.05) is 26.2 Å². The second-order valence-electron chi connectivity index (χ2n) is 7.18. The monoisotopic (exact) mass is 337 g/mol. The standard InChI is InChI=1S/C16H24ClN5O/c17-12-10-19-22(11-12)13-1-7-21(8-2-13)15(23)20-14-9-16(14)3-5-18-6-4-16/h10-11,13-14,18H,1-9H2,(H,20,23). The quantitative estimate of drug-likeness (QED) is 0.868. The van der Waals surface area contributed by atoms with Gasteiger partial charge in [-0.3, -0.25) is 4.68 Å². The van der Waals surface area contributed by atoms with E-state index in [2.05, 4.69) is 15.7 Å². The van der Waals surface area contributed by atoms with Gasteiger partial charge in [-0.25, -0.2) is 4.79 Å². The topological polar surface area (TPSA) is 62.2 Å². The first-order chi connectivity index (χ1) is 11.2. The Morgan fingerprint density at radius 2 is 2.09 bits per heavy atom. The lowest BCUT2D eigenvalue weighted by atomic mass is 9.94. The maximum atomic E-state index is 12.5. The van der Waals surface area contributed by atoms with Crippen LogP contribution in [0.4, 0.5) is 4.79 Å². The maximum absolute atomic E-state index is 12.5. The maximum Gasteiger partial charge on any atom is 0.317 e. The number of hydrogen-bond donors (Lipinski definition) is 2. The molecule has 3 fully saturated rings. The van der Waals surface area contributed by atoms with Crippen LogP contribution in [0.5, 0.6) is 0 Å². The van der Waals surface area contributed by atoms with Crippen molar-refractivity contribution in [2.45, 2.75) is 44.2 Å². The predicted octanol–water partition coefficient (Wildman–Crippen LogP) is 2.03. The third-order valence-corrected chi connectivity index (χ3v) is 5.98. The van der Waals surface area contributed by atoms with E-state index >= 15 is 0 Å². The van der Waals surface area contributed by atoms with Gasteiger partial charge in [0, 0.05) is 25.3 Å². The first-order valence-corrected chi connectivity index (χ1v) is 9.00. The molecule has 1 aromatic rings. The Hall–Kier alpha value is -1.27. The summed E-state index contributed by atoms with van der Waals surface area (Å²) in [5.74, 6) is 0. The fourth-order valence-corrected chi connectivity index (χ4v) is 4.26. The van der Waals surface area contributed by atoms with Gasteiger partial charge >= 0.3 is 6.03 Å². The van der Waals surface area contributed by atoms with E-state index < -0.39 is 0 Å². The lowest BCUT2D eigenvalue weighted by Gasteiger charge is -2.32. The van der Waals surface area contributed by atoms with Crippen LogP contribution in [-0.4, -0.2) is 52.9 Å². The number of likely N-dealkylation sites (tertiary alicyclic amines) is 1. The number of piperidine rings is 2. The number of carbonyl (C=O) groups is 1. The summed E-state index contributed by atoms with van der Waals surface area (Å²) in [5.41, 5.74) is 0.394. The third kappa shape index (κ3) is 3.06. The minimum Gasteiger partial charge on any atom is -0.335 e. The molecule has 126 valence electrons. The zero-order valence-electron chi connectivity index (χ0n) is 13.3. The molecule has 0 bridgehead atoms. The van der Waals surface area contributed by atoms with Gasteiger partial charge in [-0.15, -0.1) is 0 Å². The van der Waals surface area contributed by atoms with Gasteiger partial charge in [0.05, 0.1) is 17.3 Å². The lowest BCUT2D eigenvalue weighted by molar-refractivity contribution is 0.166. The fraction of sp³-hybridized carbons (Fsp3) is 0.750. The van der Waals surface area contributed by atoms with Crippen LogP contribution in [0.1, 0.15) is 38.1 Å². The normalized spacial score (nSPS) is 27.2. The number of amides is 2. The molecule has 1 unspecified atom stereocenters. The zero-order chi connectivity index (χ0) is 15.9. The van der Waals surface area contributed by atoms with Gasteiger partial charge in [0.2, 0.25) is 0 Å². The van der Waals surface area contributed by atoms with E-state index in [4.69, 9.17) is 11.6 Å². The molecule has 2 amide bonds. The Labute approximate surface area is 141 Å². The number of carbonyl (C=O) groups excluding carboxylic acids is 1. The molecule has 4 rings (SSSR count). The summed E-state index contributed by atoms with van der Waals surface area (Å²) in [6.45, 7) is 3.75. The van der Waals surface area contributed by atoms with Crippen molar-refractivity contribution in [2.24, 2.45) is 5.41 Å². The number of hydrogen-bond acceptors (Lipinski definition) is 3. The molecule has 3 heterocycles. The number of nitrogens with one attached hydrogen (secondary N) is 2. The molecule has 2 N–H and O–H groups in total. The van der Waals surface area contributed by atoms with E-state index in [0.29, 0.717) is 22.5 Å². The number of halogens is 1. The molecule has 6 nitrogen and oxygen atoms in total. The van der Waals surface area contributed by atoms with Gasteiger partial charge in [-0.2, -0.15) is 5.10 Å². The Kier molecular flexibility index (Phi) is 3.97. The third-order valence-electron chi connectivity index (χ3n) is 5.78. The number of rotatable bonds is 2. The van der Waals surface area contributed by atoms with Crippen molar-refractivity contribution in [3.8, 4) is 0 Å². The molecule has 1 atom stereocenters. The Bertz CT molecular complexity index is 575. The first-order valence-electron chi connectivity index (χ1n) is 8.62. The molecule has 2 aliphatic heterocycles. The molecule has 0 aromatic carbocycles. The van der Waals surface area contributed by atoms with Gasteiger partial charge in [-0.1, -0.05) is 11.6 Å². The van der Waals surface area contributed by atoms with Crippen molar-refractivity contribution < 1.29 is 4.79 Å². The Morgan fingerprint density at radius 1 is 1.35 bits per heavy atom. The van der Waals surface area contributed by atoms with Crippen LogP contribution < -0.4 is 10.6 Å². The minimum atomic E-state index is 0.113. The number of nitrogens with zero attached hydrogens (tertiary/aromatic N) is 3. The van der Waals surface area contributed by atoms with Gasteiger partial charge < -0.3 is 15.5 Å². The molecular weight excluding hydrogens is 314 g/mol. The fourth-order valence-electron chi connectivity index (χ4n) is 4.12. The largest absolute Gasteiger partial charge is 0.335 e. The number of urea groups is 1. The predicted molar refractivity (Wildman–Crippen MR) is 88.6 cm³/mol. The highest BCUT2D eigenvalue weighted by Gasteiger charge is 2.54. The van der Waals surface area contributed by atoms with Gasteiger partial charge in [-0.05, 0) is 50.6 Å². The van der Waals surface area contributed by atoms with Crippen molar-refractivity contribution in [1.82, 2.24) is 25.3 Å². The SMILES string of the molecule is O=C(NC1CC12CCNCC2)N1CCC(n2cc(Cl)cn2)CC1. The van der Waals surface area contributed by atoms with Crippen LogP contribution in [0.25, 0.3) is 0 Å². The van der Waals surface area contributed by atoms with Crippen molar-refractivity contribution >= 4 is 17.6 Å². The summed E-state index contributed by atoms with van der Waals surface area (Å²) >= 11 is 5.93. The highest BCUT2D eigenvalue weighted by molar-refractivity contribution is 6.30. The Balaban J connectivity index is 1.26. The van der Waals surface area contributed by atoms with Gasteiger partial charge in [0.25, 0.3) is 0 Å². The van der Waals surface area contributed by atoms with Crippen LogP contribution >= 0.6 is 11.6 Å². The second-order valence-corrected chi connectivity index (χ2v) is 7.61. The lowest BCUT2D eigenvalue weighted by Crippen LogP contribution is -2.47. The minimum absolute atomic E-state index is 0.113. The molecule has 7 heteroatoms. The van der Waals surface area contributed by atoms with Crippen LogP contribution in [0.15, 0.2) is 12.4 Å². The highest BCUT2D eigenvalue weighted by atomic mass is 35.5. The molecule has 23 heavy (non-hydrogen) atoms. The molecule has 2 saturated heterocycles. The van der Waals surface area contributed by atoms with Crippen LogP contribution in [-0.2, 0) is 0 Å². The van der Waals surface area contributed by atoms with E-state index in [0.717, 1.165) is 45.4 Å². The summed E-state index contributed by atoms with van der Waals surface area (Å²) in [7, 11) is 0. The summed E-state index contributed by atoms with van der Waals surface area (Å²) in [6, 6.07) is 0.852. The summed E-state index contributed by atoms with van der Waals surface area (Å²) in [5, 5.41) is 11.6. The van der Waals surface area contributed by atoms with E-state index in [1.165, 1.54) is 12.8 Å². The van der Waals surface area contributed by atoms with E-state index in [-0.39, 0.29) is 6.03 Å². The van der Waals surface area contributed by atoms with Gasteiger partial charge in [0.1, 0.15) is 0 Å². The smallest absolute Gasteiger partial charge is 0.317 e. The second kappa shape index (κ2) is 5.98. The van der Waals surface area contributed by atoms with Crippen molar-refractivity contribution in [3.63, 3.8) is 0 Å². The highest BCUT2D eigenvalue weighted by Crippen LogP contribution is 2.52. The van der Waals surface area contributed by atoms with Gasteiger partial charge in [0.15, 0.2) is 0 Å². The summed E-state index contributed by atoms with van der Waals surface area (Å²) in [6.07, 6.45) is 8.96. The van der Waals surface area contributed by atoms with Crippen molar-refractivity contribution in [1.29, 1.82) is 0 Å². The molecule has 1 saturated carbocycles. The molecular formula is C16H24ClN5O. The van der Waals surface area contributed by atoms with E-state index in [9.17, 15) is 4.79 Å². The van der Waals surface area contributed by atoms with Crippen LogP contribution in [0.3, 0.4) is 0 Å². The van der Waals surface area contributed by atoms with Crippen molar-refractivity contribution in [3.05, 3.63) is 17.4 Å². The summed E-state index contributed by atoms with van der Waals surface area (Å²) < 4.78 is 1.93. The van der Waals surface area contributed by atoms with E-state index in [1.807, 2.05) is 15.8 Å². The zero-order valence-corrected chi connectivity index (χ0v) is 14.1. The molecule has 1 aliphatic carbocycles. The first kappa shape index (κ1) is 15.3. The number of aromatic nitrogens is 2. The molecule has 1 spiro atoms.